The number of rotatable bonds is 6. The van der Waals surface area contributed by atoms with E-state index in [1.165, 1.54) is 12.8 Å². The van der Waals surface area contributed by atoms with Crippen LogP contribution in [0.15, 0.2) is 72.9 Å². The Hall–Kier alpha value is -3.21. The van der Waals surface area contributed by atoms with Crippen molar-refractivity contribution in [1.82, 2.24) is 15.3 Å². The summed E-state index contributed by atoms with van der Waals surface area (Å²) < 4.78 is 0. The van der Waals surface area contributed by atoms with E-state index in [-0.39, 0.29) is 11.8 Å². The topological polar surface area (TPSA) is 58.1 Å². The molecule has 1 fully saturated rings. The lowest BCUT2D eigenvalue weighted by Crippen LogP contribution is -2.30. The molecule has 5 nitrogen and oxygen atoms in total. The van der Waals surface area contributed by atoms with Crippen molar-refractivity contribution < 1.29 is 4.79 Å². The van der Waals surface area contributed by atoms with Crippen molar-refractivity contribution in [2.75, 3.05) is 18.0 Å². The zero-order chi connectivity index (χ0) is 19.2. The number of nitrogens with zero attached hydrogens (tertiary/aromatic N) is 3. The molecule has 1 saturated heterocycles. The van der Waals surface area contributed by atoms with Crippen molar-refractivity contribution in [3.8, 4) is 0 Å². The average molecular weight is 372 g/mol. The summed E-state index contributed by atoms with van der Waals surface area (Å²) in [6.45, 7) is 2.39. The second-order valence-electron chi connectivity index (χ2n) is 7.00. The summed E-state index contributed by atoms with van der Waals surface area (Å²) in [5.41, 5.74) is 1.94. The molecule has 2 heterocycles. The molecule has 4 rings (SSSR count). The highest BCUT2D eigenvalue weighted by Crippen LogP contribution is 2.25. The van der Waals surface area contributed by atoms with Gasteiger partial charge >= 0.3 is 0 Å². The molecule has 0 unspecified atom stereocenters. The van der Waals surface area contributed by atoms with Gasteiger partial charge in [-0.2, -0.15) is 0 Å². The maximum Gasteiger partial charge on any atom is 0.232 e. The van der Waals surface area contributed by atoms with Gasteiger partial charge in [0.25, 0.3) is 0 Å². The zero-order valence-electron chi connectivity index (χ0n) is 15.8. The highest BCUT2D eigenvalue weighted by atomic mass is 16.1. The lowest BCUT2D eigenvalue weighted by molar-refractivity contribution is -0.121. The molecule has 5 heteroatoms. The van der Waals surface area contributed by atoms with Gasteiger partial charge < -0.3 is 10.2 Å². The molecule has 0 saturated carbocycles. The Morgan fingerprint density at radius 2 is 1.54 bits per heavy atom. The molecular weight excluding hydrogens is 348 g/mol. The highest BCUT2D eigenvalue weighted by molar-refractivity contribution is 5.87. The highest BCUT2D eigenvalue weighted by Gasteiger charge is 2.22. The Bertz CT molecular complexity index is 869. The fraction of sp³-hybridized carbons (Fsp3) is 0.261. The predicted octanol–water partition coefficient (Wildman–Crippen LogP) is 3.53. The Morgan fingerprint density at radius 3 is 2.14 bits per heavy atom. The van der Waals surface area contributed by atoms with Crippen LogP contribution in [0.4, 0.5) is 5.82 Å². The number of benzene rings is 2. The third-order valence-corrected chi connectivity index (χ3v) is 5.07. The van der Waals surface area contributed by atoms with Gasteiger partial charge in [-0.05, 0) is 30.0 Å². The van der Waals surface area contributed by atoms with Crippen LogP contribution >= 0.6 is 0 Å². The Kier molecular flexibility index (Phi) is 5.61. The minimum atomic E-state index is -0.357. The van der Waals surface area contributed by atoms with Crippen molar-refractivity contribution in [3.05, 3.63) is 89.9 Å². The van der Waals surface area contributed by atoms with Crippen LogP contribution in [0.3, 0.4) is 0 Å². The van der Waals surface area contributed by atoms with Gasteiger partial charge in [-0.25, -0.2) is 9.97 Å². The molecule has 0 spiro atoms. The molecule has 1 aromatic heterocycles. The fourth-order valence-electron chi connectivity index (χ4n) is 3.65. The SMILES string of the molecule is O=C(NCc1nccc(N2CCCC2)n1)C(c1ccccc1)c1ccccc1. The number of carbonyl (C=O) groups is 1. The van der Waals surface area contributed by atoms with E-state index in [4.69, 9.17) is 0 Å². The molecule has 1 N–H and O–H groups in total. The quantitative estimate of drug-likeness (QED) is 0.719. The second kappa shape index (κ2) is 8.65. The molecule has 142 valence electrons. The summed E-state index contributed by atoms with van der Waals surface area (Å²) in [4.78, 5) is 24.3. The molecule has 1 amide bonds. The second-order valence-corrected chi connectivity index (χ2v) is 7.00. The Morgan fingerprint density at radius 1 is 0.929 bits per heavy atom. The summed E-state index contributed by atoms with van der Waals surface area (Å²) in [7, 11) is 0. The number of anilines is 1. The van der Waals surface area contributed by atoms with Gasteiger partial charge in [0.2, 0.25) is 5.91 Å². The number of hydrogen-bond acceptors (Lipinski definition) is 4. The lowest BCUT2D eigenvalue weighted by Gasteiger charge is -2.19. The van der Waals surface area contributed by atoms with Crippen LogP contribution < -0.4 is 10.2 Å². The van der Waals surface area contributed by atoms with Crippen LogP contribution in [0.1, 0.15) is 35.7 Å². The average Bonchev–Trinajstić information content (AvgIpc) is 3.29. The first-order valence-corrected chi connectivity index (χ1v) is 9.76. The Labute approximate surface area is 165 Å². The number of hydrogen-bond donors (Lipinski definition) is 1. The monoisotopic (exact) mass is 372 g/mol. The lowest BCUT2D eigenvalue weighted by atomic mass is 9.90. The maximum absolute atomic E-state index is 13.1. The van der Waals surface area contributed by atoms with Crippen molar-refractivity contribution in [2.45, 2.75) is 25.3 Å². The fourth-order valence-corrected chi connectivity index (χ4v) is 3.65. The van der Waals surface area contributed by atoms with Crippen LogP contribution in [0.5, 0.6) is 0 Å². The molecule has 0 radical (unpaired) electrons. The molecule has 0 aliphatic carbocycles. The number of amides is 1. The van der Waals surface area contributed by atoms with E-state index in [0.29, 0.717) is 12.4 Å². The van der Waals surface area contributed by atoms with E-state index < -0.39 is 0 Å². The summed E-state index contributed by atoms with van der Waals surface area (Å²) in [6.07, 6.45) is 4.17. The zero-order valence-corrected chi connectivity index (χ0v) is 15.8. The van der Waals surface area contributed by atoms with Gasteiger partial charge in [-0.3, -0.25) is 4.79 Å². The van der Waals surface area contributed by atoms with Gasteiger partial charge in [0.1, 0.15) is 11.6 Å². The molecule has 1 aliphatic heterocycles. The first-order valence-electron chi connectivity index (χ1n) is 9.76. The van der Waals surface area contributed by atoms with Crippen LogP contribution in [-0.2, 0) is 11.3 Å². The van der Waals surface area contributed by atoms with E-state index in [2.05, 4.69) is 20.2 Å². The van der Waals surface area contributed by atoms with Gasteiger partial charge in [-0.15, -0.1) is 0 Å². The number of aromatic nitrogens is 2. The van der Waals surface area contributed by atoms with Gasteiger partial charge in [0, 0.05) is 19.3 Å². The molecule has 0 atom stereocenters. The standard InChI is InChI=1S/C23H24N4O/c28-23(22(18-9-3-1-4-10-18)19-11-5-2-6-12-19)25-17-20-24-14-13-21(26-20)27-15-7-8-16-27/h1-6,9-14,22H,7-8,15-17H2,(H,25,28). The maximum atomic E-state index is 13.1. The minimum Gasteiger partial charge on any atom is -0.357 e. The normalized spacial score (nSPS) is 13.7. The van der Waals surface area contributed by atoms with E-state index in [0.717, 1.165) is 30.0 Å². The first-order chi connectivity index (χ1) is 13.8. The van der Waals surface area contributed by atoms with Crippen LogP contribution in [0.25, 0.3) is 0 Å². The van der Waals surface area contributed by atoms with Crippen molar-refractivity contribution in [3.63, 3.8) is 0 Å². The third-order valence-electron chi connectivity index (χ3n) is 5.07. The van der Waals surface area contributed by atoms with Crippen LogP contribution in [-0.4, -0.2) is 29.0 Å². The van der Waals surface area contributed by atoms with Crippen molar-refractivity contribution in [2.24, 2.45) is 0 Å². The first kappa shape index (κ1) is 18.2. The van der Waals surface area contributed by atoms with Crippen molar-refractivity contribution >= 4 is 11.7 Å². The molecule has 3 aromatic rings. The summed E-state index contributed by atoms with van der Waals surface area (Å²) in [6, 6.07) is 21.6. The molecule has 0 bridgehead atoms. The van der Waals surface area contributed by atoms with E-state index in [1.807, 2.05) is 66.7 Å². The van der Waals surface area contributed by atoms with Crippen LogP contribution in [0.2, 0.25) is 0 Å². The molecule has 28 heavy (non-hydrogen) atoms. The largest absolute Gasteiger partial charge is 0.357 e. The predicted molar refractivity (Wildman–Crippen MR) is 110 cm³/mol. The summed E-state index contributed by atoms with van der Waals surface area (Å²) in [5.74, 6) is 1.17. The third kappa shape index (κ3) is 4.19. The Balaban J connectivity index is 1.50. The minimum absolute atomic E-state index is 0.0485. The summed E-state index contributed by atoms with van der Waals surface area (Å²) in [5, 5.41) is 3.03. The van der Waals surface area contributed by atoms with E-state index in [9.17, 15) is 4.79 Å². The number of nitrogens with one attached hydrogen (secondary N) is 1. The van der Waals surface area contributed by atoms with Gasteiger partial charge in [-0.1, -0.05) is 60.7 Å². The smallest absolute Gasteiger partial charge is 0.232 e. The van der Waals surface area contributed by atoms with Crippen LogP contribution in [0, 0.1) is 0 Å². The van der Waals surface area contributed by atoms with E-state index in [1.54, 1.807) is 6.20 Å². The van der Waals surface area contributed by atoms with Gasteiger partial charge in [0.15, 0.2) is 0 Å². The summed E-state index contributed by atoms with van der Waals surface area (Å²) >= 11 is 0. The van der Waals surface area contributed by atoms with Gasteiger partial charge in [0.05, 0.1) is 12.5 Å². The number of carbonyl (C=O) groups excluding carboxylic acids is 1. The molecule has 2 aromatic carbocycles. The van der Waals surface area contributed by atoms with Crippen molar-refractivity contribution in [1.29, 1.82) is 0 Å². The molecule has 1 aliphatic rings. The molecular formula is C23H24N4O. The van der Waals surface area contributed by atoms with E-state index >= 15 is 0 Å².